The van der Waals surface area contributed by atoms with Crippen molar-refractivity contribution >= 4 is 27.3 Å². The van der Waals surface area contributed by atoms with Gasteiger partial charge in [-0.15, -0.1) is 11.3 Å². The highest BCUT2D eigenvalue weighted by atomic mass is 32.2. The first-order chi connectivity index (χ1) is 10.5. The molecular weight excluding hydrogens is 324 g/mol. The number of nitrogens with two attached hydrogens (primary N) is 1. The lowest BCUT2D eigenvalue weighted by molar-refractivity contribution is 0.0273. The van der Waals surface area contributed by atoms with Crippen LogP contribution in [0.1, 0.15) is 48.2 Å². The monoisotopic (exact) mass is 346 g/mol. The van der Waals surface area contributed by atoms with Gasteiger partial charge in [0, 0.05) is 13.2 Å². The number of hydrogen-bond donors (Lipinski definition) is 2. The summed E-state index contributed by atoms with van der Waals surface area (Å²) >= 11 is 1.07. The average molecular weight is 346 g/mol. The molecule has 1 aliphatic carbocycles. The Labute approximate surface area is 135 Å². The molecule has 1 saturated carbocycles. The van der Waals surface area contributed by atoms with Gasteiger partial charge in [-0.05, 0) is 30.7 Å². The molecule has 6 nitrogen and oxygen atoms in total. The number of rotatable bonds is 7. The highest BCUT2D eigenvalue weighted by Gasteiger charge is 2.20. The molecule has 0 aromatic carbocycles. The Morgan fingerprint density at radius 1 is 1.36 bits per heavy atom. The second-order valence-corrected chi connectivity index (χ2v) is 7.85. The van der Waals surface area contributed by atoms with Crippen LogP contribution in [0.15, 0.2) is 16.3 Å². The van der Waals surface area contributed by atoms with Gasteiger partial charge < -0.3 is 10.1 Å². The van der Waals surface area contributed by atoms with Crippen molar-refractivity contribution in [3.8, 4) is 0 Å². The van der Waals surface area contributed by atoms with Gasteiger partial charge in [0.05, 0.1) is 6.10 Å². The van der Waals surface area contributed by atoms with E-state index in [-0.39, 0.29) is 9.77 Å². The van der Waals surface area contributed by atoms with Crippen LogP contribution in [0.4, 0.5) is 0 Å². The first kappa shape index (κ1) is 17.4. The predicted octanol–water partition coefficient (Wildman–Crippen LogP) is 1.86. The van der Waals surface area contributed by atoms with Crippen molar-refractivity contribution in [2.75, 3.05) is 13.2 Å². The smallest absolute Gasteiger partial charge is 0.262 e. The molecule has 1 amide bonds. The molecule has 1 aromatic rings. The average Bonchev–Trinajstić information content (AvgIpc) is 2.97. The van der Waals surface area contributed by atoms with Crippen LogP contribution >= 0.6 is 11.3 Å². The molecule has 0 spiro atoms. The highest BCUT2D eigenvalue weighted by molar-refractivity contribution is 7.89. The maximum absolute atomic E-state index is 12.0. The Morgan fingerprint density at radius 3 is 2.77 bits per heavy atom. The van der Waals surface area contributed by atoms with E-state index in [1.165, 1.54) is 25.3 Å². The summed E-state index contributed by atoms with van der Waals surface area (Å²) in [5, 5.41) is 9.33. The van der Waals surface area contributed by atoms with E-state index >= 15 is 0 Å². The van der Waals surface area contributed by atoms with Crippen LogP contribution < -0.4 is 10.5 Å². The van der Waals surface area contributed by atoms with Gasteiger partial charge in [0.25, 0.3) is 5.91 Å². The molecule has 8 heteroatoms. The number of nitrogens with one attached hydrogen (secondary N) is 1. The molecule has 1 aliphatic rings. The van der Waals surface area contributed by atoms with Gasteiger partial charge in [-0.1, -0.05) is 19.3 Å². The maximum Gasteiger partial charge on any atom is 0.262 e. The molecular formula is C14H22N2O4S2. The fourth-order valence-electron chi connectivity index (χ4n) is 2.52. The van der Waals surface area contributed by atoms with Crippen molar-refractivity contribution in [3.05, 3.63) is 16.3 Å². The number of primary sulfonamides is 1. The second-order valence-electron chi connectivity index (χ2n) is 5.40. The predicted molar refractivity (Wildman–Crippen MR) is 85.5 cm³/mol. The van der Waals surface area contributed by atoms with Crippen LogP contribution in [0, 0.1) is 0 Å². The molecule has 3 N–H and O–H groups in total. The van der Waals surface area contributed by atoms with E-state index in [2.05, 4.69) is 5.32 Å². The lowest BCUT2D eigenvalue weighted by atomic mass is 9.98. The van der Waals surface area contributed by atoms with Crippen molar-refractivity contribution < 1.29 is 17.9 Å². The van der Waals surface area contributed by atoms with E-state index in [4.69, 9.17) is 9.88 Å². The van der Waals surface area contributed by atoms with Gasteiger partial charge in [0.15, 0.2) is 0 Å². The Balaban J connectivity index is 1.71. The molecule has 22 heavy (non-hydrogen) atoms. The van der Waals surface area contributed by atoms with Crippen LogP contribution in [0.5, 0.6) is 0 Å². The van der Waals surface area contributed by atoms with Crippen LogP contribution in [-0.4, -0.2) is 33.6 Å². The van der Waals surface area contributed by atoms with E-state index in [0.717, 1.165) is 24.2 Å². The fourth-order valence-corrected chi connectivity index (χ4v) is 4.41. The van der Waals surface area contributed by atoms with Crippen molar-refractivity contribution in [2.45, 2.75) is 49.5 Å². The number of hydrogen-bond acceptors (Lipinski definition) is 5. The highest BCUT2D eigenvalue weighted by Crippen LogP contribution is 2.21. The third kappa shape index (κ3) is 5.05. The minimum atomic E-state index is -3.86. The molecule has 0 radical (unpaired) electrons. The summed E-state index contributed by atoms with van der Waals surface area (Å²) in [6, 6.07) is 1.35. The van der Waals surface area contributed by atoms with E-state index in [1.807, 2.05) is 0 Å². The van der Waals surface area contributed by atoms with E-state index < -0.39 is 15.9 Å². The molecule has 1 heterocycles. The Kier molecular flexibility index (Phi) is 6.37. The summed E-state index contributed by atoms with van der Waals surface area (Å²) in [7, 11) is -3.86. The second kappa shape index (κ2) is 8.05. The normalized spacial score (nSPS) is 16.6. The third-order valence-electron chi connectivity index (χ3n) is 3.65. The number of carbonyl (C=O) groups is 1. The van der Waals surface area contributed by atoms with E-state index in [0.29, 0.717) is 25.7 Å². The lowest BCUT2D eigenvalue weighted by Gasteiger charge is -2.21. The van der Waals surface area contributed by atoms with E-state index in [9.17, 15) is 13.2 Å². The summed E-state index contributed by atoms with van der Waals surface area (Å²) in [6.07, 6.45) is 7.07. The van der Waals surface area contributed by atoms with E-state index in [1.54, 1.807) is 5.38 Å². The van der Waals surface area contributed by atoms with Crippen molar-refractivity contribution in [2.24, 2.45) is 5.14 Å². The number of sulfonamides is 1. The quantitative estimate of drug-likeness (QED) is 0.736. The fraction of sp³-hybridized carbons (Fsp3) is 0.643. The summed E-state index contributed by atoms with van der Waals surface area (Å²) in [6.45, 7) is 1.06. The summed E-state index contributed by atoms with van der Waals surface area (Å²) < 4.78 is 28.5. The first-order valence-corrected chi connectivity index (χ1v) is 9.91. The largest absolute Gasteiger partial charge is 0.378 e. The standard InChI is InChI=1S/C14H22N2O4S2/c15-22(18,19)12-7-10-21-13(12)14(17)16-8-4-9-20-11-5-2-1-3-6-11/h7,10-11H,1-6,8-9H2,(H,16,17)(H2,15,18,19). The van der Waals surface area contributed by atoms with Gasteiger partial charge in [-0.2, -0.15) is 0 Å². The molecule has 1 fully saturated rings. The van der Waals surface area contributed by atoms with Gasteiger partial charge in [0.1, 0.15) is 9.77 Å². The Morgan fingerprint density at radius 2 is 2.09 bits per heavy atom. The maximum atomic E-state index is 12.0. The molecule has 0 atom stereocenters. The minimum Gasteiger partial charge on any atom is -0.378 e. The van der Waals surface area contributed by atoms with Crippen LogP contribution in [0.3, 0.4) is 0 Å². The number of carbonyl (C=O) groups excluding carboxylic acids is 1. The molecule has 0 aliphatic heterocycles. The SMILES string of the molecule is NS(=O)(=O)c1ccsc1C(=O)NCCCOC1CCCCC1. The zero-order valence-electron chi connectivity index (χ0n) is 12.4. The Hall–Kier alpha value is -0.960. The van der Waals surface area contributed by atoms with Crippen LogP contribution in [0.2, 0.25) is 0 Å². The molecule has 0 saturated heterocycles. The minimum absolute atomic E-state index is 0.117. The Bertz CT molecular complexity index is 592. The van der Waals surface area contributed by atoms with Gasteiger partial charge >= 0.3 is 0 Å². The van der Waals surface area contributed by atoms with Crippen LogP contribution in [-0.2, 0) is 14.8 Å². The summed E-state index contributed by atoms with van der Waals surface area (Å²) in [5.41, 5.74) is 0. The first-order valence-electron chi connectivity index (χ1n) is 7.48. The van der Waals surface area contributed by atoms with Crippen LogP contribution in [0.25, 0.3) is 0 Å². The topological polar surface area (TPSA) is 98.5 Å². The van der Waals surface area contributed by atoms with Gasteiger partial charge in [-0.25, -0.2) is 13.6 Å². The summed E-state index contributed by atoms with van der Waals surface area (Å²) in [5.74, 6) is -0.406. The lowest BCUT2D eigenvalue weighted by Crippen LogP contribution is -2.27. The molecule has 0 unspecified atom stereocenters. The van der Waals surface area contributed by atoms with Crippen molar-refractivity contribution in [3.63, 3.8) is 0 Å². The molecule has 124 valence electrons. The molecule has 0 bridgehead atoms. The zero-order chi connectivity index (χ0) is 16.0. The van der Waals surface area contributed by atoms with Crippen molar-refractivity contribution in [1.82, 2.24) is 5.32 Å². The van der Waals surface area contributed by atoms with Crippen molar-refractivity contribution in [1.29, 1.82) is 0 Å². The molecule has 1 aromatic heterocycles. The molecule has 2 rings (SSSR count). The number of ether oxygens (including phenoxy) is 1. The summed E-state index contributed by atoms with van der Waals surface area (Å²) in [4.78, 5) is 12.0. The van der Waals surface area contributed by atoms with Gasteiger partial charge in [-0.3, -0.25) is 4.79 Å². The zero-order valence-corrected chi connectivity index (χ0v) is 14.0. The number of amides is 1. The third-order valence-corrected chi connectivity index (χ3v) is 5.65. The number of thiophene rings is 1. The van der Waals surface area contributed by atoms with Gasteiger partial charge in [0.2, 0.25) is 10.0 Å².